The molecule has 7 nitrogen and oxygen atoms in total. The van der Waals surface area contributed by atoms with Crippen LogP contribution in [-0.2, 0) is 11.2 Å². The molecule has 7 heteroatoms. The number of nitrogens with one attached hydrogen (secondary N) is 2. The van der Waals surface area contributed by atoms with Crippen molar-refractivity contribution in [2.24, 2.45) is 0 Å². The molecule has 0 radical (unpaired) electrons. The van der Waals surface area contributed by atoms with Gasteiger partial charge in [-0.3, -0.25) is 0 Å². The molecule has 1 fully saturated rings. The number of aromatic nitrogens is 3. The fourth-order valence-electron chi connectivity index (χ4n) is 2.71. The second-order valence-corrected chi connectivity index (χ2v) is 5.67. The molecule has 2 N–H and O–H groups in total. The fourth-order valence-corrected chi connectivity index (χ4v) is 2.71. The highest BCUT2D eigenvalue weighted by molar-refractivity contribution is 5.38. The Labute approximate surface area is 141 Å². The second kappa shape index (κ2) is 8.44. The maximum atomic E-state index is 5.57. The Balaban J connectivity index is 1.49. The van der Waals surface area contributed by atoms with Crippen LogP contribution in [0.5, 0.6) is 5.75 Å². The number of nitrogens with zero attached hydrogens (tertiary/aromatic N) is 3. The molecule has 2 heterocycles. The van der Waals surface area contributed by atoms with E-state index < -0.39 is 0 Å². The summed E-state index contributed by atoms with van der Waals surface area (Å²) in [7, 11) is 1.69. The van der Waals surface area contributed by atoms with Gasteiger partial charge in [-0.15, -0.1) is 5.10 Å². The van der Waals surface area contributed by atoms with Crippen LogP contribution in [0.15, 0.2) is 30.5 Å². The SMILES string of the molecule is COc1ccccc1CCNc1cnnc(NCC2CCCO2)n1. The monoisotopic (exact) mass is 329 g/mol. The molecule has 0 saturated carbocycles. The van der Waals surface area contributed by atoms with Gasteiger partial charge in [0.15, 0.2) is 5.82 Å². The van der Waals surface area contributed by atoms with Crippen molar-refractivity contribution in [3.8, 4) is 5.75 Å². The number of ether oxygens (including phenoxy) is 2. The van der Waals surface area contributed by atoms with Gasteiger partial charge >= 0.3 is 0 Å². The van der Waals surface area contributed by atoms with Crippen LogP contribution < -0.4 is 15.4 Å². The van der Waals surface area contributed by atoms with E-state index in [1.54, 1.807) is 13.3 Å². The first-order chi connectivity index (χ1) is 11.8. The average molecular weight is 329 g/mol. The highest BCUT2D eigenvalue weighted by Gasteiger charge is 2.15. The number of hydrogen-bond acceptors (Lipinski definition) is 7. The Hall–Kier alpha value is -2.41. The van der Waals surface area contributed by atoms with Gasteiger partial charge in [0.05, 0.1) is 19.4 Å². The molecule has 24 heavy (non-hydrogen) atoms. The lowest BCUT2D eigenvalue weighted by atomic mass is 10.1. The normalized spacial score (nSPS) is 16.8. The summed E-state index contributed by atoms with van der Waals surface area (Å²) in [5.74, 6) is 2.13. The van der Waals surface area contributed by atoms with Crippen LogP contribution in [0, 0.1) is 0 Å². The Bertz CT molecular complexity index is 646. The Kier molecular flexibility index (Phi) is 5.79. The standard InChI is InChI=1S/C17H23N5O2/c1-23-15-7-3-2-5-13(15)8-9-18-16-12-20-22-17(21-16)19-11-14-6-4-10-24-14/h2-3,5,7,12,14H,4,6,8-11H2,1H3,(H2,18,19,21,22). The first-order valence-electron chi connectivity index (χ1n) is 8.26. The van der Waals surface area contributed by atoms with E-state index >= 15 is 0 Å². The lowest BCUT2D eigenvalue weighted by Crippen LogP contribution is -2.20. The van der Waals surface area contributed by atoms with E-state index in [0.717, 1.165) is 43.7 Å². The molecule has 1 aliphatic rings. The Morgan fingerprint density at radius 2 is 2.21 bits per heavy atom. The van der Waals surface area contributed by atoms with Crippen molar-refractivity contribution in [2.45, 2.75) is 25.4 Å². The molecule has 1 atom stereocenters. The summed E-state index contributed by atoms with van der Waals surface area (Å²) in [5, 5.41) is 14.4. The first-order valence-corrected chi connectivity index (χ1v) is 8.26. The number of methoxy groups -OCH3 is 1. The van der Waals surface area contributed by atoms with Crippen LogP contribution in [0.4, 0.5) is 11.8 Å². The fraction of sp³-hybridized carbons (Fsp3) is 0.471. The van der Waals surface area contributed by atoms with Gasteiger partial charge in [0.2, 0.25) is 5.95 Å². The molecule has 128 valence electrons. The minimum absolute atomic E-state index is 0.246. The smallest absolute Gasteiger partial charge is 0.244 e. The average Bonchev–Trinajstić information content (AvgIpc) is 3.14. The zero-order chi connectivity index (χ0) is 16.6. The van der Waals surface area contributed by atoms with Gasteiger partial charge in [-0.2, -0.15) is 10.1 Å². The summed E-state index contributed by atoms with van der Waals surface area (Å²) in [6, 6.07) is 8.01. The van der Waals surface area contributed by atoms with Crippen molar-refractivity contribution in [2.75, 3.05) is 37.4 Å². The van der Waals surface area contributed by atoms with Crippen molar-refractivity contribution in [3.63, 3.8) is 0 Å². The summed E-state index contributed by atoms with van der Waals surface area (Å²) in [4.78, 5) is 4.42. The number of para-hydroxylation sites is 1. The molecule has 2 aromatic rings. The van der Waals surface area contributed by atoms with Crippen LogP contribution in [-0.4, -0.2) is 48.1 Å². The molecule has 1 aromatic heterocycles. The second-order valence-electron chi connectivity index (χ2n) is 5.67. The van der Waals surface area contributed by atoms with Gasteiger partial charge in [-0.1, -0.05) is 18.2 Å². The molecule has 1 unspecified atom stereocenters. The molecule has 0 aliphatic carbocycles. The summed E-state index contributed by atoms with van der Waals surface area (Å²) in [6.45, 7) is 2.30. The minimum atomic E-state index is 0.246. The maximum absolute atomic E-state index is 5.57. The molecular weight excluding hydrogens is 306 g/mol. The van der Waals surface area contributed by atoms with Gasteiger partial charge in [-0.25, -0.2) is 0 Å². The quantitative estimate of drug-likeness (QED) is 0.768. The van der Waals surface area contributed by atoms with Gasteiger partial charge in [-0.05, 0) is 30.9 Å². The van der Waals surface area contributed by atoms with Crippen molar-refractivity contribution in [1.82, 2.24) is 15.2 Å². The topological polar surface area (TPSA) is 81.2 Å². The summed E-state index contributed by atoms with van der Waals surface area (Å²) < 4.78 is 10.9. The van der Waals surface area contributed by atoms with E-state index in [4.69, 9.17) is 9.47 Å². The van der Waals surface area contributed by atoms with Crippen LogP contribution in [0.3, 0.4) is 0 Å². The lowest BCUT2D eigenvalue weighted by molar-refractivity contribution is 0.120. The summed E-state index contributed by atoms with van der Waals surface area (Å²) in [5.41, 5.74) is 1.16. The molecule has 1 aliphatic heterocycles. The lowest BCUT2D eigenvalue weighted by Gasteiger charge is -2.11. The molecule has 1 aromatic carbocycles. The van der Waals surface area contributed by atoms with Crippen molar-refractivity contribution in [1.29, 1.82) is 0 Å². The third-order valence-electron chi connectivity index (χ3n) is 3.96. The summed E-state index contributed by atoms with van der Waals surface area (Å²) in [6.07, 6.45) is 4.91. The van der Waals surface area contributed by atoms with Crippen LogP contribution >= 0.6 is 0 Å². The Morgan fingerprint density at radius 1 is 1.29 bits per heavy atom. The largest absolute Gasteiger partial charge is 0.496 e. The molecule has 0 bridgehead atoms. The van der Waals surface area contributed by atoms with E-state index in [0.29, 0.717) is 18.3 Å². The van der Waals surface area contributed by atoms with Crippen molar-refractivity contribution < 1.29 is 9.47 Å². The number of hydrogen-bond donors (Lipinski definition) is 2. The number of benzene rings is 1. The number of rotatable bonds is 8. The van der Waals surface area contributed by atoms with Gasteiger partial charge in [0.1, 0.15) is 5.75 Å². The van der Waals surface area contributed by atoms with Gasteiger partial charge in [0.25, 0.3) is 0 Å². The van der Waals surface area contributed by atoms with Crippen molar-refractivity contribution in [3.05, 3.63) is 36.0 Å². The number of anilines is 2. The van der Waals surface area contributed by atoms with Crippen LogP contribution in [0.1, 0.15) is 18.4 Å². The predicted molar refractivity (Wildman–Crippen MR) is 92.5 cm³/mol. The zero-order valence-electron chi connectivity index (χ0n) is 13.9. The first kappa shape index (κ1) is 16.4. The zero-order valence-corrected chi connectivity index (χ0v) is 13.9. The third kappa shape index (κ3) is 4.55. The van der Waals surface area contributed by atoms with E-state index in [9.17, 15) is 0 Å². The maximum Gasteiger partial charge on any atom is 0.244 e. The van der Waals surface area contributed by atoms with Crippen molar-refractivity contribution >= 4 is 11.8 Å². The Morgan fingerprint density at radius 3 is 3.04 bits per heavy atom. The molecule has 3 rings (SSSR count). The van der Waals surface area contributed by atoms with Crippen LogP contribution in [0.2, 0.25) is 0 Å². The van der Waals surface area contributed by atoms with Gasteiger partial charge < -0.3 is 20.1 Å². The van der Waals surface area contributed by atoms with E-state index in [-0.39, 0.29) is 6.10 Å². The van der Waals surface area contributed by atoms with Crippen LogP contribution in [0.25, 0.3) is 0 Å². The van der Waals surface area contributed by atoms with Gasteiger partial charge in [0, 0.05) is 19.7 Å². The minimum Gasteiger partial charge on any atom is -0.496 e. The molecule has 0 amide bonds. The predicted octanol–water partition coefficient (Wildman–Crippen LogP) is 2.13. The third-order valence-corrected chi connectivity index (χ3v) is 3.96. The molecule has 0 spiro atoms. The summed E-state index contributed by atoms with van der Waals surface area (Å²) >= 11 is 0. The van der Waals surface area contributed by atoms with E-state index in [1.807, 2.05) is 18.2 Å². The van der Waals surface area contributed by atoms with E-state index in [2.05, 4.69) is 31.9 Å². The molecule has 1 saturated heterocycles. The van der Waals surface area contributed by atoms with E-state index in [1.165, 1.54) is 0 Å². The highest BCUT2D eigenvalue weighted by Crippen LogP contribution is 2.18. The molecular formula is C17H23N5O2. The highest BCUT2D eigenvalue weighted by atomic mass is 16.5.